The zero-order valence-corrected chi connectivity index (χ0v) is 10.9. The van der Waals surface area contributed by atoms with E-state index in [4.69, 9.17) is 5.26 Å². The van der Waals surface area contributed by atoms with E-state index in [1.165, 1.54) is 0 Å². The van der Waals surface area contributed by atoms with Gasteiger partial charge in [-0.3, -0.25) is 0 Å². The minimum atomic E-state index is 0.584. The number of rotatable bonds is 1. The summed E-state index contributed by atoms with van der Waals surface area (Å²) in [6, 6.07) is 17.4. The quantitative estimate of drug-likeness (QED) is 0.577. The molecule has 0 aliphatic heterocycles. The average molecular weight is 271 g/mol. The topological polar surface area (TPSA) is 78.2 Å². The lowest BCUT2D eigenvalue weighted by atomic mass is 10.1. The first-order valence-corrected chi connectivity index (χ1v) is 6.46. The van der Waals surface area contributed by atoms with Gasteiger partial charge in [0.05, 0.1) is 17.1 Å². The summed E-state index contributed by atoms with van der Waals surface area (Å²) in [6.07, 6.45) is 0. The third-order valence-electron chi connectivity index (χ3n) is 3.43. The van der Waals surface area contributed by atoms with Crippen LogP contribution in [0.4, 0.5) is 0 Å². The Bertz CT molecular complexity index is 996. The van der Waals surface area contributed by atoms with Gasteiger partial charge in [0.1, 0.15) is 16.7 Å². The lowest BCUT2D eigenvalue weighted by Gasteiger charge is -2.05. The van der Waals surface area contributed by atoms with Gasteiger partial charge in [-0.15, -0.1) is 0 Å². The zero-order chi connectivity index (χ0) is 14.2. The van der Waals surface area contributed by atoms with Crippen LogP contribution in [0.3, 0.4) is 0 Å². The summed E-state index contributed by atoms with van der Waals surface area (Å²) in [5, 5.41) is 21.0. The maximum Gasteiger partial charge on any atom is 0.139 e. The van der Waals surface area contributed by atoms with Crippen molar-refractivity contribution in [2.24, 2.45) is 0 Å². The van der Waals surface area contributed by atoms with Crippen molar-refractivity contribution in [3.8, 4) is 17.3 Å². The SMILES string of the molecule is N#Cc1ccc2nc(-c3ccccc3)c3n[nH]nc3c2c1. The van der Waals surface area contributed by atoms with E-state index in [-0.39, 0.29) is 0 Å². The lowest BCUT2D eigenvalue weighted by molar-refractivity contribution is 0.960. The number of aromatic nitrogens is 4. The summed E-state index contributed by atoms with van der Waals surface area (Å²) in [7, 11) is 0. The zero-order valence-electron chi connectivity index (χ0n) is 10.9. The average Bonchev–Trinajstić information content (AvgIpc) is 3.04. The maximum absolute atomic E-state index is 9.04. The minimum Gasteiger partial charge on any atom is -0.245 e. The van der Waals surface area contributed by atoms with Crippen LogP contribution in [-0.2, 0) is 0 Å². The molecule has 0 bridgehead atoms. The standard InChI is InChI=1S/C16H9N5/c17-9-10-6-7-13-12(8-10)15-16(20-21-19-15)14(18-13)11-4-2-1-3-5-11/h1-8H,(H,19,20,21). The normalized spacial score (nSPS) is 10.8. The van der Waals surface area contributed by atoms with Crippen molar-refractivity contribution < 1.29 is 0 Å². The predicted octanol–water partition coefficient (Wildman–Crippen LogP) is 3.04. The van der Waals surface area contributed by atoms with Crippen LogP contribution in [0.15, 0.2) is 48.5 Å². The molecule has 0 amide bonds. The van der Waals surface area contributed by atoms with Crippen molar-refractivity contribution in [1.29, 1.82) is 5.26 Å². The van der Waals surface area contributed by atoms with E-state index in [1.54, 1.807) is 12.1 Å². The van der Waals surface area contributed by atoms with Crippen molar-refractivity contribution in [3.05, 3.63) is 54.1 Å². The van der Waals surface area contributed by atoms with Gasteiger partial charge < -0.3 is 0 Å². The fourth-order valence-corrected chi connectivity index (χ4v) is 2.45. The van der Waals surface area contributed by atoms with Crippen LogP contribution in [0.5, 0.6) is 0 Å². The Morgan fingerprint density at radius 1 is 0.952 bits per heavy atom. The van der Waals surface area contributed by atoms with Crippen LogP contribution < -0.4 is 0 Å². The van der Waals surface area contributed by atoms with Crippen molar-refractivity contribution in [3.63, 3.8) is 0 Å². The van der Waals surface area contributed by atoms with Crippen LogP contribution in [0.2, 0.25) is 0 Å². The first-order valence-electron chi connectivity index (χ1n) is 6.46. The number of hydrogen-bond acceptors (Lipinski definition) is 4. The van der Waals surface area contributed by atoms with E-state index in [2.05, 4.69) is 26.5 Å². The Morgan fingerprint density at radius 3 is 2.57 bits per heavy atom. The van der Waals surface area contributed by atoms with Crippen LogP contribution in [0, 0.1) is 11.3 Å². The summed E-state index contributed by atoms with van der Waals surface area (Å²) >= 11 is 0. The number of nitrogens with zero attached hydrogens (tertiary/aromatic N) is 4. The Balaban J connectivity index is 2.13. The molecule has 0 aliphatic carbocycles. The highest BCUT2D eigenvalue weighted by Crippen LogP contribution is 2.29. The van der Waals surface area contributed by atoms with E-state index in [9.17, 15) is 0 Å². The van der Waals surface area contributed by atoms with Gasteiger partial charge in [0.15, 0.2) is 0 Å². The van der Waals surface area contributed by atoms with Gasteiger partial charge in [-0.1, -0.05) is 30.3 Å². The summed E-state index contributed by atoms with van der Waals surface area (Å²) in [5.41, 5.74) is 4.61. The number of hydrogen-bond donors (Lipinski definition) is 1. The fourth-order valence-electron chi connectivity index (χ4n) is 2.45. The van der Waals surface area contributed by atoms with Crippen molar-refractivity contribution in [2.45, 2.75) is 0 Å². The molecule has 0 radical (unpaired) electrons. The summed E-state index contributed by atoms with van der Waals surface area (Å²) in [5.74, 6) is 0. The van der Waals surface area contributed by atoms with E-state index in [0.717, 1.165) is 27.7 Å². The maximum atomic E-state index is 9.04. The second-order valence-corrected chi connectivity index (χ2v) is 4.69. The first kappa shape index (κ1) is 11.6. The number of H-pyrrole nitrogens is 1. The van der Waals surface area contributed by atoms with Crippen LogP contribution in [0.1, 0.15) is 5.56 Å². The number of nitrogens with one attached hydrogen (secondary N) is 1. The van der Waals surface area contributed by atoms with Gasteiger partial charge in [-0.25, -0.2) is 4.98 Å². The molecule has 2 aromatic heterocycles. The molecule has 2 heterocycles. The Kier molecular flexibility index (Phi) is 2.42. The lowest BCUT2D eigenvalue weighted by Crippen LogP contribution is -1.89. The first-order chi connectivity index (χ1) is 10.4. The van der Waals surface area contributed by atoms with Crippen molar-refractivity contribution >= 4 is 21.9 Å². The number of pyridine rings is 1. The third-order valence-corrected chi connectivity index (χ3v) is 3.43. The molecule has 2 aromatic carbocycles. The van der Waals surface area contributed by atoms with Gasteiger partial charge in [-0.05, 0) is 18.2 Å². The second kappa shape index (κ2) is 4.39. The van der Waals surface area contributed by atoms with Gasteiger partial charge in [0.2, 0.25) is 0 Å². The Labute approximate surface area is 119 Å². The minimum absolute atomic E-state index is 0.584. The van der Waals surface area contributed by atoms with E-state index < -0.39 is 0 Å². The molecule has 0 saturated heterocycles. The van der Waals surface area contributed by atoms with Crippen molar-refractivity contribution in [2.75, 3.05) is 0 Å². The molecular weight excluding hydrogens is 262 g/mol. The van der Waals surface area contributed by atoms with Crippen LogP contribution in [-0.4, -0.2) is 20.4 Å². The highest BCUT2D eigenvalue weighted by Gasteiger charge is 2.13. The van der Waals surface area contributed by atoms with Gasteiger partial charge >= 0.3 is 0 Å². The molecule has 0 spiro atoms. The third kappa shape index (κ3) is 1.74. The molecule has 1 N–H and O–H groups in total. The van der Waals surface area contributed by atoms with Crippen LogP contribution >= 0.6 is 0 Å². The predicted molar refractivity (Wildman–Crippen MR) is 79.3 cm³/mol. The number of benzene rings is 2. The molecular formula is C16H9N5. The number of nitriles is 1. The molecule has 5 heteroatoms. The number of aromatic amines is 1. The second-order valence-electron chi connectivity index (χ2n) is 4.69. The highest BCUT2D eigenvalue weighted by atomic mass is 15.3. The summed E-state index contributed by atoms with van der Waals surface area (Å²) in [6.45, 7) is 0. The monoisotopic (exact) mass is 271 g/mol. The van der Waals surface area contributed by atoms with E-state index >= 15 is 0 Å². The molecule has 4 aromatic rings. The highest BCUT2D eigenvalue weighted by molar-refractivity contribution is 6.07. The van der Waals surface area contributed by atoms with E-state index in [0.29, 0.717) is 11.1 Å². The summed E-state index contributed by atoms with van der Waals surface area (Å²) in [4.78, 5) is 4.69. The van der Waals surface area contributed by atoms with Gasteiger partial charge in [0.25, 0.3) is 0 Å². The van der Waals surface area contributed by atoms with E-state index in [1.807, 2.05) is 36.4 Å². The molecule has 4 rings (SSSR count). The largest absolute Gasteiger partial charge is 0.245 e. The molecule has 0 fully saturated rings. The molecule has 5 nitrogen and oxygen atoms in total. The van der Waals surface area contributed by atoms with Crippen LogP contribution in [0.25, 0.3) is 33.2 Å². The molecule has 0 aliphatic rings. The molecule has 98 valence electrons. The summed E-state index contributed by atoms with van der Waals surface area (Å²) < 4.78 is 0. The smallest absolute Gasteiger partial charge is 0.139 e. The molecule has 0 atom stereocenters. The Hall–Kier alpha value is -3.26. The fraction of sp³-hybridized carbons (Fsp3) is 0. The number of fused-ring (bicyclic) bond motifs is 3. The Morgan fingerprint density at radius 2 is 1.76 bits per heavy atom. The van der Waals surface area contributed by atoms with Gasteiger partial charge in [-0.2, -0.15) is 20.7 Å². The molecule has 0 saturated carbocycles. The molecule has 0 unspecified atom stereocenters. The van der Waals surface area contributed by atoms with Gasteiger partial charge in [0, 0.05) is 10.9 Å². The van der Waals surface area contributed by atoms with Crippen molar-refractivity contribution in [1.82, 2.24) is 20.4 Å². The molecule has 21 heavy (non-hydrogen) atoms.